The Morgan fingerprint density at radius 3 is 2.67 bits per heavy atom. The van der Waals surface area contributed by atoms with E-state index in [2.05, 4.69) is 5.32 Å². The lowest BCUT2D eigenvalue weighted by molar-refractivity contribution is -0.142. The first-order valence-electron chi connectivity index (χ1n) is 11.7. The van der Waals surface area contributed by atoms with Crippen LogP contribution < -0.4 is 20.4 Å². The zero-order valence-electron chi connectivity index (χ0n) is 20.5. The number of aryl methyl sites for hydroxylation is 1. The highest BCUT2D eigenvalue weighted by molar-refractivity contribution is 7.98. The van der Waals surface area contributed by atoms with Crippen LogP contribution in [-0.4, -0.2) is 47.2 Å². The number of carbonyl (C=O) groups is 2. The van der Waals surface area contributed by atoms with Gasteiger partial charge in [-0.2, -0.15) is 11.8 Å². The third-order valence-corrected chi connectivity index (χ3v) is 6.74. The van der Waals surface area contributed by atoms with Crippen LogP contribution in [0.3, 0.4) is 0 Å². The van der Waals surface area contributed by atoms with Gasteiger partial charge in [-0.15, -0.1) is 0 Å². The number of carboxylic acids is 1. The molecule has 1 aliphatic rings. The molecular formula is C27H29NO7S. The van der Waals surface area contributed by atoms with Gasteiger partial charge >= 0.3 is 11.6 Å². The zero-order chi connectivity index (χ0) is 25.9. The zero-order valence-corrected chi connectivity index (χ0v) is 21.3. The first kappa shape index (κ1) is 25.6. The molecule has 1 amide bonds. The highest BCUT2D eigenvalue weighted by atomic mass is 32.2. The molecule has 1 aliphatic heterocycles. The number of thioether (sulfide) groups is 1. The highest BCUT2D eigenvalue weighted by Gasteiger charge is 2.31. The summed E-state index contributed by atoms with van der Waals surface area (Å²) in [6, 6.07) is 11.5. The predicted octanol–water partition coefficient (Wildman–Crippen LogP) is 4.26. The van der Waals surface area contributed by atoms with Crippen molar-refractivity contribution < 1.29 is 28.6 Å². The maximum atomic E-state index is 12.6. The Morgan fingerprint density at radius 2 is 1.97 bits per heavy atom. The van der Waals surface area contributed by atoms with Crippen molar-refractivity contribution in [1.82, 2.24) is 5.32 Å². The van der Waals surface area contributed by atoms with Crippen LogP contribution in [0.15, 0.2) is 51.7 Å². The molecule has 0 aliphatic carbocycles. The smallest absolute Gasteiger partial charge is 0.336 e. The van der Waals surface area contributed by atoms with Gasteiger partial charge in [0, 0.05) is 23.3 Å². The first-order valence-corrected chi connectivity index (χ1v) is 13.1. The van der Waals surface area contributed by atoms with Crippen molar-refractivity contribution in [2.24, 2.45) is 0 Å². The molecule has 0 unspecified atom stereocenters. The van der Waals surface area contributed by atoms with E-state index >= 15 is 0 Å². The van der Waals surface area contributed by atoms with Gasteiger partial charge in [-0.25, -0.2) is 9.59 Å². The third kappa shape index (κ3) is 5.67. The molecule has 0 fully saturated rings. The Kier molecular flexibility index (Phi) is 7.59. The molecule has 0 saturated heterocycles. The second kappa shape index (κ2) is 10.7. The van der Waals surface area contributed by atoms with E-state index in [4.69, 9.17) is 13.9 Å². The maximum absolute atomic E-state index is 12.6. The largest absolute Gasteiger partial charge is 0.487 e. The van der Waals surface area contributed by atoms with Crippen LogP contribution in [0.2, 0.25) is 0 Å². The summed E-state index contributed by atoms with van der Waals surface area (Å²) < 4.78 is 17.8. The summed E-state index contributed by atoms with van der Waals surface area (Å²) in [7, 11) is 0. The van der Waals surface area contributed by atoms with Gasteiger partial charge in [0.15, 0.2) is 6.61 Å². The quantitative estimate of drug-likeness (QED) is 0.410. The minimum absolute atomic E-state index is 0.302. The molecule has 0 bridgehead atoms. The number of nitrogens with one attached hydrogen (secondary N) is 1. The Balaban J connectivity index is 1.75. The predicted molar refractivity (Wildman–Crippen MR) is 139 cm³/mol. The van der Waals surface area contributed by atoms with E-state index in [0.29, 0.717) is 46.6 Å². The van der Waals surface area contributed by atoms with Crippen LogP contribution in [0.4, 0.5) is 0 Å². The third-order valence-electron chi connectivity index (χ3n) is 6.09. The lowest BCUT2D eigenvalue weighted by Crippen LogP contribution is -2.43. The molecule has 190 valence electrons. The van der Waals surface area contributed by atoms with E-state index in [0.717, 1.165) is 17.5 Å². The molecular weight excluding hydrogens is 482 g/mol. The van der Waals surface area contributed by atoms with Crippen molar-refractivity contribution in [3.8, 4) is 22.6 Å². The van der Waals surface area contributed by atoms with Gasteiger partial charge in [0.25, 0.3) is 5.91 Å². The number of aliphatic carboxylic acids is 1. The van der Waals surface area contributed by atoms with E-state index in [1.54, 1.807) is 6.07 Å². The summed E-state index contributed by atoms with van der Waals surface area (Å²) in [5, 5.41) is 12.5. The van der Waals surface area contributed by atoms with Gasteiger partial charge in [-0.1, -0.05) is 30.3 Å². The maximum Gasteiger partial charge on any atom is 0.336 e. The summed E-state index contributed by atoms with van der Waals surface area (Å²) in [5.41, 5.74) is 1.64. The monoisotopic (exact) mass is 511 g/mol. The second-order valence-electron chi connectivity index (χ2n) is 9.29. The highest BCUT2D eigenvalue weighted by Crippen LogP contribution is 2.44. The van der Waals surface area contributed by atoms with E-state index in [1.165, 1.54) is 17.8 Å². The number of rotatable bonds is 9. The number of benzene rings is 2. The molecule has 8 nitrogen and oxygen atoms in total. The molecule has 36 heavy (non-hydrogen) atoms. The minimum atomic E-state index is -1.10. The molecule has 1 aromatic heterocycles. The number of ether oxygens (including phenoxy) is 2. The molecule has 3 aromatic rings. The Bertz CT molecular complexity index is 1330. The summed E-state index contributed by atoms with van der Waals surface area (Å²) in [5.74, 6) is -0.212. The molecule has 2 heterocycles. The van der Waals surface area contributed by atoms with Gasteiger partial charge < -0.3 is 24.3 Å². The van der Waals surface area contributed by atoms with Crippen LogP contribution in [-0.2, 0) is 16.0 Å². The fourth-order valence-electron chi connectivity index (χ4n) is 4.27. The summed E-state index contributed by atoms with van der Waals surface area (Å²) in [6.07, 6.45) is 3.56. The van der Waals surface area contributed by atoms with Crippen molar-refractivity contribution >= 4 is 34.6 Å². The van der Waals surface area contributed by atoms with E-state index in [9.17, 15) is 19.5 Å². The van der Waals surface area contributed by atoms with E-state index in [1.807, 2.05) is 50.4 Å². The molecule has 2 N–H and O–H groups in total. The lowest BCUT2D eigenvalue weighted by atomic mass is 9.91. The van der Waals surface area contributed by atoms with Gasteiger partial charge in [-0.3, -0.25) is 4.79 Å². The Morgan fingerprint density at radius 1 is 1.22 bits per heavy atom. The van der Waals surface area contributed by atoms with Crippen molar-refractivity contribution in [1.29, 1.82) is 0 Å². The lowest BCUT2D eigenvalue weighted by Gasteiger charge is -2.33. The van der Waals surface area contributed by atoms with E-state index < -0.39 is 35.8 Å². The van der Waals surface area contributed by atoms with E-state index in [-0.39, 0.29) is 0 Å². The number of fused-ring (bicyclic) bond motifs is 3. The minimum Gasteiger partial charge on any atom is -0.487 e. The van der Waals surface area contributed by atoms with Gasteiger partial charge in [0.1, 0.15) is 28.7 Å². The van der Waals surface area contributed by atoms with Crippen LogP contribution in [0, 0.1) is 0 Å². The number of hydrogen-bond donors (Lipinski definition) is 2. The number of carbonyl (C=O) groups excluding carboxylic acids is 1. The SMILES string of the molecule is CSCC[C@@H](NC(=O)COc1cc2c(c3oc(=O)cc(-c4ccccc4)c13)CCC(C)(C)O2)C(=O)O. The average molecular weight is 512 g/mol. The second-order valence-corrected chi connectivity index (χ2v) is 10.3. The number of amides is 1. The van der Waals surface area contributed by atoms with Gasteiger partial charge in [0.2, 0.25) is 0 Å². The normalized spacial score (nSPS) is 15.0. The average Bonchev–Trinajstić information content (AvgIpc) is 2.84. The fourth-order valence-corrected chi connectivity index (χ4v) is 4.75. The Hall–Kier alpha value is -3.46. The van der Waals surface area contributed by atoms with Crippen LogP contribution in [0.1, 0.15) is 32.3 Å². The van der Waals surface area contributed by atoms with Crippen LogP contribution in [0.25, 0.3) is 22.1 Å². The number of hydrogen-bond acceptors (Lipinski definition) is 7. The van der Waals surface area contributed by atoms with Gasteiger partial charge in [-0.05, 0) is 50.7 Å². The topological polar surface area (TPSA) is 115 Å². The summed E-state index contributed by atoms with van der Waals surface area (Å²) in [4.78, 5) is 36.7. The van der Waals surface area contributed by atoms with Crippen molar-refractivity contribution in [3.05, 3.63) is 58.4 Å². The number of carboxylic acid groups (broad SMARTS) is 1. The van der Waals surface area contributed by atoms with Crippen LogP contribution >= 0.6 is 11.8 Å². The Labute approximate surface area is 213 Å². The molecule has 4 rings (SSSR count). The summed E-state index contributed by atoms with van der Waals surface area (Å²) in [6.45, 7) is 3.55. The van der Waals surface area contributed by atoms with Crippen LogP contribution in [0.5, 0.6) is 11.5 Å². The molecule has 9 heteroatoms. The first-order chi connectivity index (χ1) is 17.2. The molecule has 0 spiro atoms. The fraction of sp³-hybridized carbons (Fsp3) is 0.370. The summed E-state index contributed by atoms with van der Waals surface area (Å²) >= 11 is 1.50. The van der Waals surface area contributed by atoms with Crippen molar-refractivity contribution in [3.63, 3.8) is 0 Å². The van der Waals surface area contributed by atoms with Crippen molar-refractivity contribution in [2.75, 3.05) is 18.6 Å². The van der Waals surface area contributed by atoms with Crippen molar-refractivity contribution in [2.45, 2.75) is 44.8 Å². The molecule has 0 saturated carbocycles. The molecule has 2 aromatic carbocycles. The van der Waals surface area contributed by atoms with Gasteiger partial charge in [0.05, 0.1) is 5.39 Å². The molecule has 1 atom stereocenters. The molecule has 0 radical (unpaired) electrons. The standard InChI is InChI=1S/C27H29NO7S/c1-27(2)11-9-17-20(35-27)14-21(33-15-22(29)28-19(26(31)32)10-12-36-3)24-18(13-23(30)34-25(17)24)16-7-5-4-6-8-16/h4-8,13-14,19H,9-12,15H2,1-3H3,(H,28,29)(H,31,32)/t19-/m1/s1.